The van der Waals surface area contributed by atoms with Crippen LogP contribution in [0, 0.1) is 0 Å². The molecule has 2 aromatic carbocycles. The zero-order valence-electron chi connectivity index (χ0n) is 16.8. The van der Waals surface area contributed by atoms with Gasteiger partial charge in [0.1, 0.15) is 11.5 Å². The second-order valence-electron chi connectivity index (χ2n) is 7.23. The van der Waals surface area contributed by atoms with Gasteiger partial charge in [0.05, 0.1) is 17.7 Å². The zero-order chi connectivity index (χ0) is 22.1. The summed E-state index contributed by atoms with van der Waals surface area (Å²) in [5, 5.41) is 13.7. The Morgan fingerprint density at radius 2 is 1.81 bits per heavy atom. The summed E-state index contributed by atoms with van der Waals surface area (Å²) in [7, 11) is 0. The lowest BCUT2D eigenvalue weighted by Crippen LogP contribution is -2.29. The molecule has 0 bridgehead atoms. The molecule has 1 aliphatic rings. The number of ketones is 1. The minimum Gasteiger partial charge on any atom is -0.507 e. The lowest BCUT2D eigenvalue weighted by Gasteiger charge is -2.23. The first-order valence-electron chi connectivity index (χ1n) is 9.60. The van der Waals surface area contributed by atoms with E-state index in [0.717, 1.165) is 0 Å². The largest absolute Gasteiger partial charge is 0.507 e. The van der Waals surface area contributed by atoms with Gasteiger partial charge in [-0.15, -0.1) is 11.3 Å². The Morgan fingerprint density at radius 1 is 1.13 bits per heavy atom. The third kappa shape index (κ3) is 4.06. The van der Waals surface area contributed by atoms with Gasteiger partial charge in [-0.1, -0.05) is 23.7 Å². The fourth-order valence-corrected chi connectivity index (χ4v) is 4.24. The monoisotopic (exact) mass is 454 g/mol. The molecule has 4 rings (SSSR count). The first-order valence-corrected chi connectivity index (χ1v) is 10.9. The van der Waals surface area contributed by atoms with Gasteiger partial charge in [-0.3, -0.25) is 14.5 Å². The lowest BCUT2D eigenvalue weighted by atomic mass is 9.95. The number of carbonyl (C=O) groups excluding carboxylic acids is 2. The SMILES string of the molecule is CC(C)Oc1ccc(C(O)=C2C(=O)C(=O)N(c3nccs3)[C@@H]2c2ccc(Cl)cc2)cc1. The number of rotatable bonds is 5. The Kier molecular flexibility index (Phi) is 5.80. The Bertz CT molecular complexity index is 1140. The predicted octanol–water partition coefficient (Wildman–Crippen LogP) is 5.21. The van der Waals surface area contributed by atoms with Crippen molar-refractivity contribution in [2.75, 3.05) is 4.90 Å². The maximum Gasteiger partial charge on any atom is 0.301 e. The summed E-state index contributed by atoms with van der Waals surface area (Å²) < 4.78 is 5.63. The average molecular weight is 455 g/mol. The van der Waals surface area contributed by atoms with Gasteiger partial charge in [0.2, 0.25) is 0 Å². The highest BCUT2D eigenvalue weighted by molar-refractivity contribution is 7.14. The molecule has 0 aliphatic carbocycles. The molecule has 1 N–H and O–H groups in total. The van der Waals surface area contributed by atoms with Gasteiger partial charge in [-0.05, 0) is 55.8 Å². The number of hydrogen-bond acceptors (Lipinski definition) is 6. The number of ether oxygens (including phenoxy) is 1. The van der Waals surface area contributed by atoms with Crippen LogP contribution in [0.4, 0.5) is 5.13 Å². The highest BCUT2D eigenvalue weighted by Gasteiger charge is 2.47. The van der Waals surface area contributed by atoms with Crippen molar-refractivity contribution in [2.45, 2.75) is 26.0 Å². The first kappa shape index (κ1) is 21.1. The smallest absolute Gasteiger partial charge is 0.301 e. The molecule has 1 saturated heterocycles. The van der Waals surface area contributed by atoms with Gasteiger partial charge >= 0.3 is 5.91 Å². The van der Waals surface area contributed by atoms with E-state index < -0.39 is 17.7 Å². The van der Waals surface area contributed by atoms with E-state index in [1.807, 2.05) is 13.8 Å². The number of anilines is 1. The maximum atomic E-state index is 13.0. The van der Waals surface area contributed by atoms with Crippen molar-refractivity contribution in [3.05, 3.63) is 81.8 Å². The van der Waals surface area contributed by atoms with E-state index in [4.69, 9.17) is 16.3 Å². The number of aliphatic hydroxyl groups is 1. The molecule has 0 unspecified atom stereocenters. The quantitative estimate of drug-likeness (QED) is 0.325. The number of nitrogens with zero attached hydrogens (tertiary/aromatic N) is 2. The Balaban J connectivity index is 1.84. The highest BCUT2D eigenvalue weighted by Crippen LogP contribution is 2.42. The summed E-state index contributed by atoms with van der Waals surface area (Å²) in [6.07, 6.45) is 1.57. The number of thiazole rings is 1. The molecule has 1 atom stereocenters. The number of Topliss-reactive ketones (excluding diaryl/α,β-unsaturated/α-hetero) is 1. The summed E-state index contributed by atoms with van der Waals surface area (Å²) in [6.45, 7) is 3.83. The molecule has 158 valence electrons. The van der Waals surface area contributed by atoms with Crippen molar-refractivity contribution in [3.63, 3.8) is 0 Å². The molecule has 6 nitrogen and oxygen atoms in total. The molecule has 0 spiro atoms. The van der Waals surface area contributed by atoms with E-state index in [2.05, 4.69) is 4.98 Å². The molecule has 31 heavy (non-hydrogen) atoms. The minimum absolute atomic E-state index is 0.0000467. The van der Waals surface area contributed by atoms with E-state index in [1.54, 1.807) is 60.1 Å². The van der Waals surface area contributed by atoms with Crippen molar-refractivity contribution < 1.29 is 19.4 Å². The van der Waals surface area contributed by atoms with Crippen LogP contribution in [0.1, 0.15) is 31.0 Å². The van der Waals surface area contributed by atoms with Crippen LogP contribution in [-0.2, 0) is 9.59 Å². The van der Waals surface area contributed by atoms with Gasteiger partial charge in [-0.2, -0.15) is 0 Å². The lowest BCUT2D eigenvalue weighted by molar-refractivity contribution is -0.132. The van der Waals surface area contributed by atoms with Crippen LogP contribution in [0.15, 0.2) is 65.7 Å². The van der Waals surface area contributed by atoms with Crippen molar-refractivity contribution in [1.29, 1.82) is 0 Å². The normalized spacial score (nSPS) is 18.1. The average Bonchev–Trinajstić information content (AvgIpc) is 3.35. The summed E-state index contributed by atoms with van der Waals surface area (Å²) in [5.41, 5.74) is 1.05. The van der Waals surface area contributed by atoms with E-state index in [0.29, 0.717) is 27.0 Å². The van der Waals surface area contributed by atoms with Crippen LogP contribution in [0.25, 0.3) is 5.76 Å². The van der Waals surface area contributed by atoms with Gasteiger partial charge in [0.25, 0.3) is 5.78 Å². The topological polar surface area (TPSA) is 79.7 Å². The molecule has 1 amide bonds. The molecular formula is C23H19ClN2O4S. The molecule has 0 saturated carbocycles. The van der Waals surface area contributed by atoms with Gasteiger partial charge in [0.15, 0.2) is 5.13 Å². The van der Waals surface area contributed by atoms with Gasteiger partial charge in [-0.25, -0.2) is 4.98 Å². The van der Waals surface area contributed by atoms with Crippen LogP contribution in [0.2, 0.25) is 5.02 Å². The van der Waals surface area contributed by atoms with Crippen molar-refractivity contribution in [1.82, 2.24) is 4.98 Å². The molecule has 8 heteroatoms. The Hall–Kier alpha value is -3.16. The van der Waals surface area contributed by atoms with E-state index in [1.165, 1.54) is 16.2 Å². The fourth-order valence-electron chi connectivity index (χ4n) is 3.44. The second-order valence-corrected chi connectivity index (χ2v) is 8.54. The summed E-state index contributed by atoms with van der Waals surface area (Å²) in [4.78, 5) is 31.5. The van der Waals surface area contributed by atoms with Crippen LogP contribution >= 0.6 is 22.9 Å². The molecular weight excluding hydrogens is 436 g/mol. The number of benzene rings is 2. The molecule has 3 aromatic rings. The summed E-state index contributed by atoms with van der Waals surface area (Å²) >= 11 is 7.27. The maximum absolute atomic E-state index is 13.0. The molecule has 1 aliphatic heterocycles. The highest BCUT2D eigenvalue weighted by atomic mass is 35.5. The standard InChI is InChI=1S/C23H19ClN2O4S/c1-13(2)30-17-9-5-15(6-10-17)20(27)18-19(14-3-7-16(24)8-4-14)26(22(29)21(18)28)23-25-11-12-31-23/h3-13,19,27H,1-2H3/t19-/m1/s1. The minimum atomic E-state index is -0.824. The number of halogens is 1. The third-order valence-corrected chi connectivity index (χ3v) is 5.78. The number of aliphatic hydroxyl groups excluding tert-OH is 1. The van der Waals surface area contributed by atoms with E-state index in [-0.39, 0.29) is 17.4 Å². The van der Waals surface area contributed by atoms with Crippen molar-refractivity contribution in [3.8, 4) is 5.75 Å². The summed E-state index contributed by atoms with van der Waals surface area (Å²) in [5.74, 6) is -1.12. The Morgan fingerprint density at radius 3 is 2.39 bits per heavy atom. The van der Waals surface area contributed by atoms with E-state index >= 15 is 0 Å². The number of carbonyl (C=O) groups is 2. The number of hydrogen-bond donors (Lipinski definition) is 1. The molecule has 0 radical (unpaired) electrons. The van der Waals surface area contributed by atoms with Crippen molar-refractivity contribution >= 4 is 45.5 Å². The third-order valence-electron chi connectivity index (χ3n) is 4.76. The van der Waals surface area contributed by atoms with Crippen molar-refractivity contribution in [2.24, 2.45) is 0 Å². The fraction of sp³-hybridized carbons (Fsp3) is 0.174. The molecule has 1 fully saturated rings. The first-order chi connectivity index (χ1) is 14.9. The van der Waals surface area contributed by atoms with Crippen LogP contribution in [0.5, 0.6) is 5.75 Å². The Labute approximate surface area is 188 Å². The van der Waals surface area contributed by atoms with Gasteiger partial charge in [0, 0.05) is 22.2 Å². The number of amides is 1. The number of aromatic nitrogens is 1. The molecule has 2 heterocycles. The predicted molar refractivity (Wildman–Crippen MR) is 121 cm³/mol. The van der Waals surface area contributed by atoms with E-state index in [9.17, 15) is 14.7 Å². The summed E-state index contributed by atoms with van der Waals surface area (Å²) in [6, 6.07) is 12.7. The van der Waals surface area contributed by atoms with Crippen LogP contribution in [-0.4, -0.2) is 27.9 Å². The zero-order valence-corrected chi connectivity index (χ0v) is 18.4. The second kappa shape index (κ2) is 8.53. The van der Waals surface area contributed by atoms with Crippen LogP contribution in [0.3, 0.4) is 0 Å². The van der Waals surface area contributed by atoms with Crippen LogP contribution < -0.4 is 9.64 Å². The molecule has 1 aromatic heterocycles. The van der Waals surface area contributed by atoms with Gasteiger partial charge < -0.3 is 9.84 Å².